The van der Waals surface area contributed by atoms with Crippen molar-refractivity contribution < 1.29 is 14.6 Å². The van der Waals surface area contributed by atoms with E-state index in [2.05, 4.69) is 25.6 Å². The average molecular weight is 225 g/mol. The second-order valence-corrected chi connectivity index (χ2v) is 3.10. The van der Waals surface area contributed by atoms with Crippen LogP contribution in [-0.4, -0.2) is 48.2 Å². The number of nitrogens with zero attached hydrogens (tertiary/aromatic N) is 3. The summed E-state index contributed by atoms with van der Waals surface area (Å²) in [6.45, 7) is 2.35. The quantitative estimate of drug-likeness (QED) is 0.387. The molecule has 0 saturated carbocycles. The molecule has 2 heterocycles. The van der Waals surface area contributed by atoms with Crippen molar-refractivity contribution in [2.75, 3.05) is 13.3 Å². The Hall–Kier alpha value is -1.64. The third-order valence-corrected chi connectivity index (χ3v) is 1.97. The van der Waals surface area contributed by atoms with Gasteiger partial charge in [0.15, 0.2) is 11.5 Å². The fourth-order valence-corrected chi connectivity index (χ4v) is 1.24. The van der Waals surface area contributed by atoms with E-state index < -0.39 is 11.9 Å². The largest absolute Gasteiger partial charge is 0.366 e. The molecule has 1 unspecified atom stereocenters. The van der Waals surface area contributed by atoms with E-state index in [1.54, 1.807) is 0 Å². The Balaban J connectivity index is 2.12. The zero-order valence-electron chi connectivity index (χ0n) is 8.60. The molecule has 3 N–H and O–H groups in total. The summed E-state index contributed by atoms with van der Waals surface area (Å²) in [5.41, 5.74) is 0.0999. The van der Waals surface area contributed by atoms with E-state index in [4.69, 9.17) is 4.74 Å². The van der Waals surface area contributed by atoms with E-state index in [1.165, 1.54) is 6.34 Å². The predicted octanol–water partition coefficient (Wildman–Crippen LogP) is -1.82. The molecule has 2 rings (SSSR count). The van der Waals surface area contributed by atoms with Crippen LogP contribution >= 0.6 is 0 Å². The molecule has 0 aromatic rings. The molecule has 0 aromatic carbocycles. The van der Waals surface area contributed by atoms with Gasteiger partial charge in [-0.25, -0.2) is 15.3 Å². The Morgan fingerprint density at radius 1 is 1.69 bits per heavy atom. The summed E-state index contributed by atoms with van der Waals surface area (Å²) in [5, 5.41) is 14.7. The molecule has 0 saturated heterocycles. The highest BCUT2D eigenvalue weighted by molar-refractivity contribution is 6.69. The SMILES string of the molecule is CCOCNC1(O)N=C2N=CN=C2C(=O)N1. The number of aliphatic imine (C=N–C) groups is 3. The summed E-state index contributed by atoms with van der Waals surface area (Å²) in [6, 6.07) is 0. The molecule has 0 aromatic heterocycles. The summed E-state index contributed by atoms with van der Waals surface area (Å²) in [4.78, 5) is 22.8. The molecule has 1 atom stereocenters. The monoisotopic (exact) mass is 225 g/mol. The standard InChI is InChI=1S/C8H11N5O3/c1-2-16-4-11-8(15)12-6-5(7(14)13-8)9-3-10-6/h3,11,15H,2,4H2,1H3,(H,13,14). The normalized spacial score (nSPS) is 27.2. The van der Waals surface area contributed by atoms with Gasteiger partial charge in [0.25, 0.3) is 5.91 Å². The van der Waals surface area contributed by atoms with E-state index in [9.17, 15) is 9.90 Å². The number of carbonyl (C=O) groups is 1. The van der Waals surface area contributed by atoms with Crippen LogP contribution in [0, 0.1) is 0 Å². The van der Waals surface area contributed by atoms with E-state index in [0.29, 0.717) is 6.61 Å². The topological polar surface area (TPSA) is 108 Å². The van der Waals surface area contributed by atoms with Crippen molar-refractivity contribution in [2.45, 2.75) is 12.9 Å². The number of amidine groups is 1. The molecule has 1 amide bonds. The van der Waals surface area contributed by atoms with Gasteiger partial charge in [0, 0.05) is 6.61 Å². The third-order valence-electron chi connectivity index (χ3n) is 1.97. The van der Waals surface area contributed by atoms with E-state index >= 15 is 0 Å². The number of carbonyl (C=O) groups excluding carboxylic acids is 1. The minimum atomic E-state index is -1.89. The number of hydrogen-bond acceptors (Lipinski definition) is 7. The molecule has 16 heavy (non-hydrogen) atoms. The molecule has 8 nitrogen and oxygen atoms in total. The molecule has 0 fully saturated rings. The summed E-state index contributed by atoms with van der Waals surface area (Å²) < 4.78 is 4.99. The fraction of sp³-hybridized carbons (Fsp3) is 0.500. The Bertz CT molecular complexity index is 402. The van der Waals surface area contributed by atoms with Crippen LogP contribution in [-0.2, 0) is 9.53 Å². The summed E-state index contributed by atoms with van der Waals surface area (Å²) >= 11 is 0. The third kappa shape index (κ3) is 1.98. The van der Waals surface area contributed by atoms with Gasteiger partial charge in [-0.3, -0.25) is 10.1 Å². The van der Waals surface area contributed by atoms with Crippen molar-refractivity contribution in [1.82, 2.24) is 10.6 Å². The van der Waals surface area contributed by atoms with Gasteiger partial charge in [0.2, 0.25) is 0 Å². The van der Waals surface area contributed by atoms with Crippen LogP contribution in [0.1, 0.15) is 6.92 Å². The Labute approximate surface area is 91.1 Å². The maximum atomic E-state index is 11.5. The molecule has 0 bridgehead atoms. The lowest BCUT2D eigenvalue weighted by atomic mass is 10.3. The molecule has 2 aliphatic heterocycles. The highest BCUT2D eigenvalue weighted by Crippen LogP contribution is 2.09. The predicted molar refractivity (Wildman–Crippen MR) is 56.1 cm³/mol. The van der Waals surface area contributed by atoms with Crippen molar-refractivity contribution >= 4 is 23.8 Å². The number of ether oxygens (including phenoxy) is 1. The first-order chi connectivity index (χ1) is 7.64. The van der Waals surface area contributed by atoms with Gasteiger partial charge in [-0.15, -0.1) is 0 Å². The van der Waals surface area contributed by atoms with Gasteiger partial charge >= 0.3 is 5.97 Å². The minimum Gasteiger partial charge on any atom is -0.366 e. The number of fused-ring (bicyclic) bond motifs is 1. The summed E-state index contributed by atoms with van der Waals surface area (Å²) in [6.07, 6.45) is 1.21. The maximum Gasteiger partial charge on any atom is 0.303 e. The first-order valence-electron chi connectivity index (χ1n) is 4.73. The lowest BCUT2D eigenvalue weighted by Gasteiger charge is -2.28. The van der Waals surface area contributed by atoms with Crippen molar-refractivity contribution in [2.24, 2.45) is 15.0 Å². The Kier molecular flexibility index (Phi) is 2.77. The smallest absolute Gasteiger partial charge is 0.303 e. The molecular formula is C8H11N5O3. The molecule has 0 radical (unpaired) electrons. The summed E-state index contributed by atoms with van der Waals surface area (Å²) in [5.74, 6) is -2.31. The van der Waals surface area contributed by atoms with Crippen LogP contribution < -0.4 is 10.6 Å². The molecule has 8 heteroatoms. The van der Waals surface area contributed by atoms with Gasteiger partial charge < -0.3 is 9.84 Å². The molecule has 0 aliphatic carbocycles. The highest BCUT2D eigenvalue weighted by Gasteiger charge is 2.38. The first-order valence-corrected chi connectivity index (χ1v) is 4.73. The van der Waals surface area contributed by atoms with Crippen LogP contribution in [0.2, 0.25) is 0 Å². The van der Waals surface area contributed by atoms with Crippen molar-refractivity contribution in [1.29, 1.82) is 0 Å². The lowest BCUT2D eigenvalue weighted by Crippen LogP contribution is -2.63. The fourth-order valence-electron chi connectivity index (χ4n) is 1.24. The van der Waals surface area contributed by atoms with E-state index in [-0.39, 0.29) is 18.3 Å². The maximum absolute atomic E-state index is 11.5. The van der Waals surface area contributed by atoms with E-state index in [0.717, 1.165) is 0 Å². The zero-order valence-corrected chi connectivity index (χ0v) is 8.60. The number of aliphatic hydroxyl groups is 1. The number of amides is 1. The van der Waals surface area contributed by atoms with Gasteiger partial charge in [0.05, 0.1) is 0 Å². The van der Waals surface area contributed by atoms with Crippen LogP contribution in [0.3, 0.4) is 0 Å². The molecule has 2 aliphatic rings. The second kappa shape index (κ2) is 4.08. The zero-order chi connectivity index (χ0) is 11.6. The van der Waals surface area contributed by atoms with Crippen molar-refractivity contribution in [3.8, 4) is 0 Å². The number of hydrogen-bond donors (Lipinski definition) is 3. The van der Waals surface area contributed by atoms with Crippen molar-refractivity contribution in [3.05, 3.63) is 0 Å². The van der Waals surface area contributed by atoms with E-state index in [1.807, 2.05) is 6.92 Å². The van der Waals surface area contributed by atoms with Gasteiger partial charge in [-0.2, -0.15) is 4.99 Å². The first kappa shape index (κ1) is 10.9. The lowest BCUT2D eigenvalue weighted by molar-refractivity contribution is -0.126. The van der Waals surface area contributed by atoms with Gasteiger partial charge in [-0.05, 0) is 6.92 Å². The molecule has 0 spiro atoms. The summed E-state index contributed by atoms with van der Waals surface area (Å²) in [7, 11) is 0. The van der Waals surface area contributed by atoms with Crippen LogP contribution in [0.15, 0.2) is 15.0 Å². The second-order valence-electron chi connectivity index (χ2n) is 3.10. The Morgan fingerprint density at radius 3 is 3.25 bits per heavy atom. The van der Waals surface area contributed by atoms with Gasteiger partial charge in [0.1, 0.15) is 13.1 Å². The minimum absolute atomic E-state index is 0.0558. The van der Waals surface area contributed by atoms with Crippen molar-refractivity contribution in [3.63, 3.8) is 0 Å². The average Bonchev–Trinajstić information content (AvgIpc) is 2.65. The van der Waals surface area contributed by atoms with Gasteiger partial charge in [-0.1, -0.05) is 0 Å². The number of rotatable bonds is 4. The Morgan fingerprint density at radius 2 is 2.50 bits per heavy atom. The molecule has 86 valence electrons. The highest BCUT2D eigenvalue weighted by atomic mass is 16.5. The van der Waals surface area contributed by atoms with Crippen LogP contribution in [0.5, 0.6) is 0 Å². The number of nitrogens with one attached hydrogen (secondary N) is 2. The van der Waals surface area contributed by atoms with Crippen LogP contribution in [0.25, 0.3) is 0 Å². The molecular weight excluding hydrogens is 214 g/mol. The van der Waals surface area contributed by atoms with Crippen LogP contribution in [0.4, 0.5) is 0 Å².